The van der Waals surface area contributed by atoms with Crippen LogP contribution in [0.1, 0.15) is 0 Å². The van der Waals surface area contributed by atoms with E-state index in [1.807, 2.05) is 5.21 Å². The van der Waals surface area contributed by atoms with Crippen molar-refractivity contribution in [1.29, 1.82) is 0 Å². The molecule has 0 saturated heterocycles. The average molecular weight is 198 g/mol. The summed E-state index contributed by atoms with van der Waals surface area (Å²) in [6, 6.07) is 0. The summed E-state index contributed by atoms with van der Waals surface area (Å²) in [6.45, 7) is 0. The fourth-order valence-electron chi connectivity index (χ4n) is 0.438. The molecule has 1 N–H and O–H groups in total. The first-order valence-corrected chi connectivity index (χ1v) is 3.02. The van der Waals surface area contributed by atoms with E-state index in [-0.39, 0.29) is 8.40 Å². The maximum atomic E-state index is 10.6. The molecule has 0 amide bonds. The average Bonchev–Trinajstić information content (AvgIpc) is 1.97. The van der Waals surface area contributed by atoms with Crippen molar-refractivity contribution in [2.75, 3.05) is 0 Å². The molecule has 1 heterocycles. The van der Waals surface area contributed by atoms with E-state index in [4.69, 9.17) is 23.6 Å². The number of halogens is 2. The van der Waals surface area contributed by atoms with Gasteiger partial charge in [-0.2, -0.15) is 0 Å². The van der Waals surface area contributed by atoms with E-state index in [1.165, 1.54) is 0 Å². The van der Waals surface area contributed by atoms with Crippen molar-refractivity contribution < 1.29 is 0 Å². The van der Waals surface area contributed by atoms with Gasteiger partial charge in [0.2, 0.25) is 0 Å². The van der Waals surface area contributed by atoms with Crippen LogP contribution in [0.4, 0.5) is 0 Å². The summed E-state index contributed by atoms with van der Waals surface area (Å²) in [5.74, 6) is 0. The first-order valence-electron chi connectivity index (χ1n) is 2.34. The number of rotatable bonds is 0. The topological polar surface area (TPSA) is 76.9 Å². The maximum Gasteiger partial charge on any atom is 0.335 e. The molecule has 1 aromatic heterocycles. The first kappa shape index (κ1) is 8.09. The maximum absolute atomic E-state index is 10.6. The molecule has 8 heteroatoms. The van der Waals surface area contributed by atoms with Gasteiger partial charge >= 0.3 is 16.5 Å². The molecule has 0 bridgehead atoms. The molecule has 0 radical (unpaired) electrons. The Morgan fingerprint density at radius 1 is 1.00 bits per heavy atom. The normalized spacial score (nSPS) is 10.0. The number of nitrogens with one attached hydrogen (secondary N) is 1. The summed E-state index contributed by atoms with van der Waals surface area (Å²) >= 11 is 10.2. The molecule has 0 saturated carbocycles. The molecule has 0 aliphatic heterocycles. The second kappa shape index (κ2) is 2.55. The van der Waals surface area contributed by atoms with Gasteiger partial charge in [-0.3, -0.25) is 14.4 Å². The number of aromatic nitrogens is 3. The summed E-state index contributed by atoms with van der Waals surface area (Å²) in [5.41, 5.74) is -3.60. The number of hydrogen-bond acceptors (Lipinski definition) is 3. The molecule has 0 spiro atoms. The second-order valence-electron chi connectivity index (χ2n) is 1.60. The highest BCUT2D eigenvalue weighted by Crippen LogP contribution is 1.72. The van der Waals surface area contributed by atoms with Gasteiger partial charge in [0.25, 0.3) is 0 Å². The van der Waals surface area contributed by atoms with Gasteiger partial charge in [-0.25, -0.2) is 5.21 Å². The van der Waals surface area contributed by atoms with Crippen molar-refractivity contribution in [2.24, 2.45) is 0 Å². The first-order chi connectivity index (χ1) is 5.04. The zero-order chi connectivity index (χ0) is 8.59. The van der Waals surface area contributed by atoms with E-state index in [0.717, 1.165) is 0 Å². The van der Waals surface area contributed by atoms with Crippen LogP contribution < -0.4 is 16.5 Å². The van der Waals surface area contributed by atoms with Crippen LogP contribution in [0, 0.1) is 0 Å². The minimum absolute atomic E-state index is 0.288. The Labute approximate surface area is 68.8 Å². The molecule has 0 atom stereocenters. The minimum atomic E-state index is -1.28. The Morgan fingerprint density at radius 2 is 1.36 bits per heavy atom. The van der Waals surface area contributed by atoms with Gasteiger partial charge in [-0.05, 0) is 0 Å². The zero-order valence-electron chi connectivity index (χ0n) is 4.88. The summed E-state index contributed by atoms with van der Waals surface area (Å²) in [4.78, 5) is 31.7. The van der Waals surface area contributed by atoms with Crippen molar-refractivity contribution in [3.63, 3.8) is 0 Å². The van der Waals surface area contributed by atoms with Gasteiger partial charge in [0.15, 0.2) is 0 Å². The van der Waals surface area contributed by atoms with Crippen molar-refractivity contribution >= 4 is 23.6 Å². The summed E-state index contributed by atoms with van der Waals surface area (Å²) in [6.07, 6.45) is 0. The highest BCUT2D eigenvalue weighted by Gasteiger charge is 2.05. The SMILES string of the molecule is O=c1c(=O)n(Cl)[nH]n(Cl)c1=O. The second-order valence-corrected chi connectivity index (χ2v) is 2.28. The number of aromatic amines is 1. The Bertz CT molecular complexity index is 403. The quantitative estimate of drug-likeness (QED) is 0.526. The monoisotopic (exact) mass is 197 g/mol. The summed E-state index contributed by atoms with van der Waals surface area (Å²) in [5, 5.41) is 1.89. The fraction of sp³-hybridized carbons (Fsp3) is 0. The van der Waals surface area contributed by atoms with Crippen molar-refractivity contribution in [3.8, 4) is 0 Å². The molecule has 1 rings (SSSR count). The van der Waals surface area contributed by atoms with Crippen LogP contribution >= 0.6 is 23.6 Å². The van der Waals surface area contributed by atoms with E-state index in [1.54, 1.807) is 0 Å². The molecular formula is C3HCl2N3O3. The Kier molecular flexibility index (Phi) is 1.88. The van der Waals surface area contributed by atoms with Crippen LogP contribution in [-0.4, -0.2) is 13.6 Å². The Balaban J connectivity index is 3.89. The lowest BCUT2D eigenvalue weighted by Gasteiger charge is -1.93. The van der Waals surface area contributed by atoms with Crippen LogP contribution in [-0.2, 0) is 0 Å². The third-order valence-electron chi connectivity index (χ3n) is 0.921. The van der Waals surface area contributed by atoms with Crippen molar-refractivity contribution in [2.45, 2.75) is 0 Å². The van der Waals surface area contributed by atoms with Crippen molar-refractivity contribution in [3.05, 3.63) is 30.9 Å². The standard InChI is InChI=1S/C3HCl2N3O3/c4-7-2(10)1(9)3(11)8(5)6-7/h6H. The third kappa shape index (κ3) is 1.22. The third-order valence-corrected chi connectivity index (χ3v) is 1.38. The molecule has 0 fully saturated rings. The fourth-order valence-corrected chi connectivity index (χ4v) is 0.781. The summed E-state index contributed by atoms with van der Waals surface area (Å²) in [7, 11) is 0. The highest BCUT2D eigenvalue weighted by molar-refractivity contribution is 6.16. The molecule has 0 unspecified atom stereocenters. The van der Waals surface area contributed by atoms with Gasteiger partial charge in [-0.1, -0.05) is 0 Å². The molecule has 0 aromatic carbocycles. The van der Waals surface area contributed by atoms with Gasteiger partial charge in [0, 0.05) is 23.6 Å². The number of H-pyrrole nitrogens is 1. The van der Waals surface area contributed by atoms with Crippen LogP contribution in [0.15, 0.2) is 14.4 Å². The van der Waals surface area contributed by atoms with Crippen LogP contribution in [0.25, 0.3) is 0 Å². The molecule has 0 aliphatic carbocycles. The van der Waals surface area contributed by atoms with E-state index in [0.29, 0.717) is 0 Å². The van der Waals surface area contributed by atoms with E-state index in [9.17, 15) is 14.4 Å². The highest BCUT2D eigenvalue weighted by atomic mass is 35.5. The number of nitrogens with zero attached hydrogens (tertiary/aromatic N) is 2. The molecule has 11 heavy (non-hydrogen) atoms. The predicted octanol–water partition coefficient (Wildman–Crippen LogP) is -1.30. The lowest BCUT2D eigenvalue weighted by Crippen LogP contribution is -2.47. The Morgan fingerprint density at radius 3 is 1.73 bits per heavy atom. The predicted molar refractivity (Wildman–Crippen MR) is 38.1 cm³/mol. The van der Waals surface area contributed by atoms with Gasteiger partial charge in [-0.15, -0.1) is 8.40 Å². The lowest BCUT2D eigenvalue weighted by molar-refractivity contribution is 0.707. The van der Waals surface area contributed by atoms with Gasteiger partial charge in [0.05, 0.1) is 0 Å². The Hall–Kier alpha value is -1.01. The molecular weight excluding hydrogens is 197 g/mol. The minimum Gasteiger partial charge on any atom is -0.277 e. The van der Waals surface area contributed by atoms with E-state index < -0.39 is 16.5 Å². The summed E-state index contributed by atoms with van der Waals surface area (Å²) < 4.78 is 0.577. The largest absolute Gasteiger partial charge is 0.335 e. The van der Waals surface area contributed by atoms with Gasteiger partial charge < -0.3 is 0 Å². The number of hydrogen-bond donors (Lipinski definition) is 1. The van der Waals surface area contributed by atoms with Crippen molar-refractivity contribution in [1.82, 2.24) is 13.6 Å². The molecule has 0 aliphatic rings. The van der Waals surface area contributed by atoms with Crippen LogP contribution in [0.5, 0.6) is 0 Å². The smallest absolute Gasteiger partial charge is 0.277 e. The van der Waals surface area contributed by atoms with Crippen LogP contribution in [0.2, 0.25) is 0 Å². The van der Waals surface area contributed by atoms with Crippen LogP contribution in [0.3, 0.4) is 0 Å². The van der Waals surface area contributed by atoms with E-state index >= 15 is 0 Å². The molecule has 1 aromatic rings. The lowest BCUT2D eigenvalue weighted by atomic mass is 10.6. The molecule has 60 valence electrons. The van der Waals surface area contributed by atoms with Gasteiger partial charge in [0.1, 0.15) is 0 Å². The zero-order valence-corrected chi connectivity index (χ0v) is 6.39. The molecule has 6 nitrogen and oxygen atoms in total. The van der Waals surface area contributed by atoms with E-state index in [2.05, 4.69) is 0 Å².